The Morgan fingerprint density at radius 2 is 2.22 bits per heavy atom. The summed E-state index contributed by atoms with van der Waals surface area (Å²) in [7, 11) is 1.78. The van der Waals surface area contributed by atoms with Crippen molar-refractivity contribution in [1.82, 2.24) is 14.9 Å². The van der Waals surface area contributed by atoms with Crippen molar-refractivity contribution in [2.75, 3.05) is 13.6 Å². The van der Waals surface area contributed by atoms with Gasteiger partial charge in [-0.25, -0.2) is 4.79 Å². The predicted molar refractivity (Wildman–Crippen MR) is 68.3 cm³/mol. The minimum Gasteiger partial charge on any atom is -0.337 e. The van der Waals surface area contributed by atoms with E-state index in [9.17, 15) is 9.59 Å². The fourth-order valence-corrected chi connectivity index (χ4v) is 2.76. The van der Waals surface area contributed by atoms with E-state index >= 15 is 0 Å². The summed E-state index contributed by atoms with van der Waals surface area (Å²) in [6.45, 7) is 0.603. The predicted octanol–water partition coefficient (Wildman–Crippen LogP) is 0.293. The van der Waals surface area contributed by atoms with Crippen LogP contribution in [0.3, 0.4) is 0 Å². The van der Waals surface area contributed by atoms with Crippen LogP contribution in [0.1, 0.15) is 36.2 Å². The number of H-pyrrole nitrogens is 2. The van der Waals surface area contributed by atoms with E-state index in [0.717, 1.165) is 19.3 Å². The van der Waals surface area contributed by atoms with Crippen LogP contribution in [-0.2, 0) is 0 Å². The molecule has 100 valence electrons. The number of aromatic amines is 2. The Balaban J connectivity index is 2.12. The lowest BCUT2D eigenvalue weighted by molar-refractivity contribution is 0.0615. The van der Waals surface area contributed by atoms with Crippen LogP contribution in [0.2, 0.25) is 0 Å². The first kappa shape index (κ1) is 12.9. The van der Waals surface area contributed by atoms with Crippen molar-refractivity contribution in [3.8, 4) is 0 Å². The van der Waals surface area contributed by atoms with E-state index < -0.39 is 0 Å². The van der Waals surface area contributed by atoms with Crippen LogP contribution >= 0.6 is 0 Å². The van der Waals surface area contributed by atoms with Gasteiger partial charge in [0.2, 0.25) is 0 Å². The van der Waals surface area contributed by atoms with Gasteiger partial charge in [-0.05, 0) is 25.3 Å². The van der Waals surface area contributed by atoms with E-state index in [1.807, 2.05) is 0 Å². The molecule has 0 bridgehead atoms. The molecule has 1 aliphatic carbocycles. The van der Waals surface area contributed by atoms with Crippen LogP contribution in [0.5, 0.6) is 0 Å². The first-order valence-corrected chi connectivity index (χ1v) is 6.38. The fourth-order valence-electron chi connectivity index (χ4n) is 2.76. The van der Waals surface area contributed by atoms with Crippen LogP contribution in [0.25, 0.3) is 0 Å². The van der Waals surface area contributed by atoms with Crippen LogP contribution < -0.4 is 11.4 Å². The van der Waals surface area contributed by atoms with Gasteiger partial charge in [-0.2, -0.15) is 0 Å². The number of hydrogen-bond acceptors (Lipinski definition) is 3. The molecule has 0 aromatic carbocycles. The molecule has 2 atom stereocenters. The summed E-state index contributed by atoms with van der Waals surface area (Å²) in [6.07, 6.45) is 5.78. The third-order valence-electron chi connectivity index (χ3n) is 3.82. The Labute approximate surface area is 106 Å². The number of rotatable bonds is 3. The van der Waals surface area contributed by atoms with E-state index in [0.29, 0.717) is 18.2 Å². The maximum Gasteiger partial charge on any atom is 0.323 e. The molecule has 1 heterocycles. The number of hydrogen-bond donors (Lipinski definition) is 3. The number of carbonyl (C=O) groups is 1. The van der Waals surface area contributed by atoms with E-state index in [1.54, 1.807) is 11.9 Å². The van der Waals surface area contributed by atoms with Gasteiger partial charge in [-0.1, -0.05) is 12.8 Å². The van der Waals surface area contributed by atoms with Gasteiger partial charge in [-0.3, -0.25) is 4.79 Å². The molecule has 0 aliphatic heterocycles. The van der Waals surface area contributed by atoms with Gasteiger partial charge in [0, 0.05) is 19.3 Å². The van der Waals surface area contributed by atoms with E-state index in [4.69, 9.17) is 5.73 Å². The van der Waals surface area contributed by atoms with Crippen molar-refractivity contribution in [3.63, 3.8) is 0 Å². The zero-order valence-corrected chi connectivity index (χ0v) is 10.6. The van der Waals surface area contributed by atoms with Crippen LogP contribution in [0.4, 0.5) is 0 Å². The maximum atomic E-state index is 12.2. The first-order chi connectivity index (χ1) is 8.63. The van der Waals surface area contributed by atoms with Crippen molar-refractivity contribution >= 4 is 5.91 Å². The minimum absolute atomic E-state index is 0.154. The fraction of sp³-hybridized carbons (Fsp3) is 0.667. The number of amides is 1. The molecule has 0 saturated heterocycles. The SMILES string of the molecule is CN(C(=O)c1c[nH]c(=O)[nH]1)C1CCCCC1CN. The monoisotopic (exact) mass is 252 g/mol. The number of aromatic nitrogens is 2. The van der Waals surface area contributed by atoms with Gasteiger partial charge < -0.3 is 20.6 Å². The second-order valence-corrected chi connectivity index (χ2v) is 4.92. The molecule has 2 rings (SSSR count). The van der Waals surface area contributed by atoms with E-state index in [1.165, 1.54) is 12.6 Å². The quantitative estimate of drug-likeness (QED) is 0.721. The summed E-state index contributed by atoms with van der Waals surface area (Å²) in [5, 5.41) is 0. The summed E-state index contributed by atoms with van der Waals surface area (Å²) in [4.78, 5) is 29.9. The van der Waals surface area contributed by atoms with Gasteiger partial charge in [0.15, 0.2) is 0 Å². The largest absolute Gasteiger partial charge is 0.337 e. The number of nitrogens with one attached hydrogen (secondary N) is 2. The van der Waals surface area contributed by atoms with Gasteiger partial charge in [0.25, 0.3) is 5.91 Å². The van der Waals surface area contributed by atoms with E-state index in [2.05, 4.69) is 9.97 Å². The van der Waals surface area contributed by atoms with Crippen LogP contribution in [0, 0.1) is 5.92 Å². The number of nitrogens with zero attached hydrogens (tertiary/aromatic N) is 1. The molecule has 1 fully saturated rings. The highest BCUT2D eigenvalue weighted by molar-refractivity contribution is 5.92. The van der Waals surface area contributed by atoms with Gasteiger partial charge in [-0.15, -0.1) is 0 Å². The Bertz CT molecular complexity index is 465. The Morgan fingerprint density at radius 1 is 1.50 bits per heavy atom. The molecule has 6 nitrogen and oxygen atoms in total. The zero-order valence-electron chi connectivity index (χ0n) is 10.6. The molecular weight excluding hydrogens is 232 g/mol. The standard InChI is InChI=1S/C12H20N4O2/c1-16(10-5-3-2-4-8(10)6-13)11(17)9-7-14-12(18)15-9/h7-8,10H,2-6,13H2,1H3,(H2,14,15,18). The molecule has 18 heavy (non-hydrogen) atoms. The highest BCUT2D eigenvalue weighted by Gasteiger charge is 2.30. The number of carbonyl (C=O) groups excluding carboxylic acids is 1. The Hall–Kier alpha value is -1.56. The third-order valence-corrected chi connectivity index (χ3v) is 3.82. The molecule has 1 saturated carbocycles. The van der Waals surface area contributed by atoms with Crippen molar-refractivity contribution in [1.29, 1.82) is 0 Å². The summed E-state index contributed by atoms with van der Waals surface area (Å²) < 4.78 is 0. The molecule has 1 aromatic heterocycles. The summed E-state index contributed by atoms with van der Waals surface area (Å²) in [5.41, 5.74) is 5.73. The minimum atomic E-state index is -0.356. The van der Waals surface area contributed by atoms with E-state index in [-0.39, 0.29) is 17.6 Å². The average molecular weight is 252 g/mol. The van der Waals surface area contributed by atoms with Crippen molar-refractivity contribution in [2.45, 2.75) is 31.7 Å². The lowest BCUT2D eigenvalue weighted by atomic mass is 9.83. The Morgan fingerprint density at radius 3 is 2.83 bits per heavy atom. The molecule has 0 radical (unpaired) electrons. The molecule has 1 amide bonds. The smallest absolute Gasteiger partial charge is 0.323 e. The van der Waals surface area contributed by atoms with Gasteiger partial charge in [0.05, 0.1) is 0 Å². The average Bonchev–Trinajstić information content (AvgIpc) is 2.83. The summed E-state index contributed by atoms with van der Waals surface area (Å²) in [5.74, 6) is 0.206. The van der Waals surface area contributed by atoms with Crippen LogP contribution in [0.15, 0.2) is 11.0 Å². The molecule has 2 unspecified atom stereocenters. The highest BCUT2D eigenvalue weighted by atomic mass is 16.2. The molecular formula is C12H20N4O2. The van der Waals surface area contributed by atoms with Gasteiger partial charge >= 0.3 is 5.69 Å². The summed E-state index contributed by atoms with van der Waals surface area (Å²) >= 11 is 0. The third kappa shape index (κ3) is 2.48. The molecule has 4 N–H and O–H groups in total. The maximum absolute atomic E-state index is 12.2. The molecule has 1 aromatic rings. The van der Waals surface area contributed by atoms with Crippen molar-refractivity contribution < 1.29 is 4.79 Å². The molecule has 0 spiro atoms. The Kier molecular flexibility index (Phi) is 3.86. The van der Waals surface area contributed by atoms with Crippen molar-refractivity contribution in [3.05, 3.63) is 22.4 Å². The normalized spacial score (nSPS) is 23.9. The number of imidazole rings is 1. The lowest BCUT2D eigenvalue weighted by Crippen LogP contribution is -2.46. The second kappa shape index (κ2) is 5.39. The lowest BCUT2D eigenvalue weighted by Gasteiger charge is -2.37. The topological polar surface area (TPSA) is 95.0 Å². The van der Waals surface area contributed by atoms with Crippen molar-refractivity contribution in [2.24, 2.45) is 11.7 Å². The second-order valence-electron chi connectivity index (χ2n) is 4.92. The van der Waals surface area contributed by atoms with Crippen LogP contribution in [-0.4, -0.2) is 40.4 Å². The molecule has 6 heteroatoms. The molecule has 1 aliphatic rings. The highest BCUT2D eigenvalue weighted by Crippen LogP contribution is 2.27. The first-order valence-electron chi connectivity index (χ1n) is 6.38. The van der Waals surface area contributed by atoms with Gasteiger partial charge in [0.1, 0.15) is 5.69 Å². The zero-order chi connectivity index (χ0) is 13.1. The number of nitrogens with two attached hydrogens (primary N) is 1. The summed E-state index contributed by atoms with van der Waals surface area (Å²) in [6, 6.07) is 0.176.